The number of nitrogens with zero attached hydrogens (tertiary/aromatic N) is 4. The Labute approximate surface area is 172 Å². The number of pyridine rings is 1. The normalized spacial score (nSPS) is 17.3. The molecular weight excluding hydrogens is 388 g/mol. The highest BCUT2D eigenvalue weighted by atomic mass is 19.1. The molecule has 0 atom stereocenters. The van der Waals surface area contributed by atoms with Gasteiger partial charge < -0.3 is 10.2 Å². The van der Waals surface area contributed by atoms with Crippen LogP contribution in [0.1, 0.15) is 36.0 Å². The third-order valence-electron chi connectivity index (χ3n) is 5.73. The standard InChI is InChI=1S/C22H21F2N5O/c23-14-1-4-16(17(24)11-14)20(30)13-6-9-29(10-7-13)22-21(26-15-2-3-15)27-18-5-8-25-12-19(18)28-22/h1,4-5,8,11-13,15H,2-3,6-7,9-10H2,(H,26,27). The maximum atomic E-state index is 14.0. The van der Waals surface area contributed by atoms with E-state index in [4.69, 9.17) is 9.97 Å². The van der Waals surface area contributed by atoms with Gasteiger partial charge >= 0.3 is 0 Å². The Morgan fingerprint density at radius 1 is 1.03 bits per heavy atom. The van der Waals surface area contributed by atoms with E-state index in [2.05, 4.69) is 15.2 Å². The number of ketones is 1. The van der Waals surface area contributed by atoms with Crippen LogP contribution in [0.2, 0.25) is 0 Å². The second kappa shape index (κ2) is 7.59. The number of piperidine rings is 1. The number of rotatable bonds is 5. The third kappa shape index (κ3) is 3.69. The minimum Gasteiger partial charge on any atom is -0.364 e. The highest BCUT2D eigenvalue weighted by Crippen LogP contribution is 2.33. The summed E-state index contributed by atoms with van der Waals surface area (Å²) in [6, 6.07) is 5.39. The molecule has 2 aliphatic rings. The Bertz CT molecular complexity index is 1110. The van der Waals surface area contributed by atoms with Crippen LogP contribution in [-0.2, 0) is 0 Å². The van der Waals surface area contributed by atoms with Gasteiger partial charge in [-0.25, -0.2) is 18.7 Å². The summed E-state index contributed by atoms with van der Waals surface area (Å²) in [5.41, 5.74) is 1.47. The summed E-state index contributed by atoms with van der Waals surface area (Å²) >= 11 is 0. The zero-order chi connectivity index (χ0) is 20.7. The maximum absolute atomic E-state index is 14.0. The number of benzene rings is 1. The lowest BCUT2D eigenvalue weighted by atomic mass is 9.88. The number of carbonyl (C=O) groups excluding carboxylic acids is 1. The highest BCUT2D eigenvalue weighted by molar-refractivity contribution is 5.98. The number of hydrogen-bond acceptors (Lipinski definition) is 6. The summed E-state index contributed by atoms with van der Waals surface area (Å²) in [5.74, 6) is -0.523. The molecule has 1 aliphatic heterocycles. The third-order valence-corrected chi connectivity index (χ3v) is 5.73. The van der Waals surface area contributed by atoms with Crippen LogP contribution < -0.4 is 10.2 Å². The Kier molecular flexibility index (Phi) is 4.77. The molecule has 1 aromatic carbocycles. The first-order chi connectivity index (χ1) is 14.6. The second-order valence-corrected chi connectivity index (χ2v) is 7.93. The number of anilines is 2. The van der Waals surface area contributed by atoms with Crippen molar-refractivity contribution in [2.24, 2.45) is 5.92 Å². The molecule has 1 aliphatic carbocycles. The van der Waals surface area contributed by atoms with Crippen molar-refractivity contribution in [1.82, 2.24) is 15.0 Å². The zero-order valence-corrected chi connectivity index (χ0v) is 16.3. The fraction of sp³-hybridized carbons (Fsp3) is 0.364. The van der Waals surface area contributed by atoms with Gasteiger partial charge in [0.2, 0.25) is 0 Å². The molecule has 1 saturated carbocycles. The summed E-state index contributed by atoms with van der Waals surface area (Å²) in [5, 5.41) is 3.46. The van der Waals surface area contributed by atoms with Crippen molar-refractivity contribution in [2.75, 3.05) is 23.3 Å². The number of hydrogen-bond donors (Lipinski definition) is 1. The van der Waals surface area contributed by atoms with Crippen LogP contribution in [0.25, 0.3) is 11.0 Å². The van der Waals surface area contributed by atoms with E-state index in [1.165, 1.54) is 6.07 Å². The van der Waals surface area contributed by atoms with E-state index in [1.807, 2.05) is 6.07 Å². The minimum atomic E-state index is -0.800. The van der Waals surface area contributed by atoms with Crippen molar-refractivity contribution in [3.8, 4) is 0 Å². The van der Waals surface area contributed by atoms with Crippen LogP contribution in [0.4, 0.5) is 20.4 Å². The van der Waals surface area contributed by atoms with Gasteiger partial charge in [-0.05, 0) is 43.9 Å². The lowest BCUT2D eigenvalue weighted by Gasteiger charge is -2.33. The molecule has 3 heterocycles. The summed E-state index contributed by atoms with van der Waals surface area (Å²) < 4.78 is 27.2. The van der Waals surface area contributed by atoms with Crippen LogP contribution in [-0.4, -0.2) is 39.9 Å². The van der Waals surface area contributed by atoms with Crippen molar-refractivity contribution in [3.05, 3.63) is 53.9 Å². The lowest BCUT2D eigenvalue weighted by molar-refractivity contribution is 0.0896. The predicted molar refractivity (Wildman–Crippen MR) is 110 cm³/mol. The molecule has 0 unspecified atom stereocenters. The molecule has 1 saturated heterocycles. The summed E-state index contributed by atoms with van der Waals surface area (Å²) in [6.45, 7) is 1.22. The molecule has 0 spiro atoms. The molecular formula is C22H21F2N5O. The minimum absolute atomic E-state index is 0.0393. The molecule has 0 radical (unpaired) electrons. The number of halogens is 2. The number of aromatic nitrogens is 3. The lowest BCUT2D eigenvalue weighted by Crippen LogP contribution is -2.37. The zero-order valence-electron chi connectivity index (χ0n) is 16.3. The molecule has 6 nitrogen and oxygen atoms in total. The van der Waals surface area contributed by atoms with Gasteiger partial charge in [-0.15, -0.1) is 0 Å². The van der Waals surface area contributed by atoms with E-state index in [9.17, 15) is 13.6 Å². The van der Waals surface area contributed by atoms with E-state index in [-0.39, 0.29) is 17.3 Å². The van der Waals surface area contributed by atoms with Crippen LogP contribution in [0.15, 0.2) is 36.7 Å². The van der Waals surface area contributed by atoms with E-state index < -0.39 is 11.6 Å². The predicted octanol–water partition coefficient (Wildman–Crippen LogP) is 3.98. The average molecular weight is 409 g/mol. The van der Waals surface area contributed by atoms with Crippen molar-refractivity contribution < 1.29 is 13.6 Å². The summed E-state index contributed by atoms with van der Waals surface area (Å²) in [6.07, 6.45) is 6.78. The first-order valence-corrected chi connectivity index (χ1v) is 10.2. The van der Waals surface area contributed by atoms with Crippen LogP contribution in [0.5, 0.6) is 0 Å². The molecule has 5 rings (SSSR count). The van der Waals surface area contributed by atoms with Crippen molar-refractivity contribution in [3.63, 3.8) is 0 Å². The van der Waals surface area contributed by atoms with E-state index in [0.717, 1.165) is 47.6 Å². The van der Waals surface area contributed by atoms with Gasteiger partial charge in [-0.3, -0.25) is 9.78 Å². The quantitative estimate of drug-likeness (QED) is 0.643. The van der Waals surface area contributed by atoms with Gasteiger partial charge in [-0.2, -0.15) is 0 Å². The summed E-state index contributed by atoms with van der Waals surface area (Å²) in [4.78, 5) is 28.5. The summed E-state index contributed by atoms with van der Waals surface area (Å²) in [7, 11) is 0. The van der Waals surface area contributed by atoms with Gasteiger partial charge in [-0.1, -0.05) is 0 Å². The van der Waals surface area contributed by atoms with Gasteiger partial charge in [0.05, 0.1) is 17.3 Å². The second-order valence-electron chi connectivity index (χ2n) is 7.93. The first-order valence-electron chi connectivity index (χ1n) is 10.2. The fourth-order valence-electron chi connectivity index (χ4n) is 3.90. The number of carbonyl (C=O) groups is 1. The van der Waals surface area contributed by atoms with Gasteiger partial charge in [0.15, 0.2) is 17.4 Å². The maximum Gasteiger partial charge on any atom is 0.172 e. The van der Waals surface area contributed by atoms with Gasteiger partial charge in [0.25, 0.3) is 0 Å². The molecule has 0 amide bonds. The van der Waals surface area contributed by atoms with E-state index in [0.29, 0.717) is 32.0 Å². The van der Waals surface area contributed by atoms with Crippen LogP contribution in [0, 0.1) is 17.6 Å². The van der Waals surface area contributed by atoms with Crippen molar-refractivity contribution in [1.29, 1.82) is 0 Å². The Morgan fingerprint density at radius 2 is 1.83 bits per heavy atom. The Morgan fingerprint density at radius 3 is 2.57 bits per heavy atom. The highest BCUT2D eigenvalue weighted by Gasteiger charge is 2.30. The fourth-order valence-corrected chi connectivity index (χ4v) is 3.90. The van der Waals surface area contributed by atoms with Gasteiger partial charge in [0, 0.05) is 37.3 Å². The smallest absolute Gasteiger partial charge is 0.172 e. The molecule has 0 bridgehead atoms. The van der Waals surface area contributed by atoms with Crippen LogP contribution in [0.3, 0.4) is 0 Å². The van der Waals surface area contributed by atoms with Crippen LogP contribution >= 0.6 is 0 Å². The molecule has 8 heteroatoms. The largest absolute Gasteiger partial charge is 0.364 e. The molecule has 2 aromatic heterocycles. The van der Waals surface area contributed by atoms with Crippen molar-refractivity contribution >= 4 is 28.5 Å². The topological polar surface area (TPSA) is 71.0 Å². The Balaban J connectivity index is 1.36. The average Bonchev–Trinajstić information content (AvgIpc) is 3.57. The first kappa shape index (κ1) is 18.8. The molecule has 154 valence electrons. The van der Waals surface area contributed by atoms with E-state index in [1.54, 1.807) is 12.4 Å². The van der Waals surface area contributed by atoms with Crippen molar-refractivity contribution in [2.45, 2.75) is 31.7 Å². The monoisotopic (exact) mass is 409 g/mol. The SMILES string of the molecule is O=C(c1ccc(F)cc1F)C1CCN(c2nc3cnccc3nc2NC2CC2)CC1. The number of fused-ring (bicyclic) bond motifs is 1. The molecule has 3 aromatic rings. The number of Topliss-reactive ketones (excluding diaryl/α,β-unsaturated/α-hetero) is 1. The molecule has 30 heavy (non-hydrogen) atoms. The van der Waals surface area contributed by atoms with E-state index >= 15 is 0 Å². The molecule has 1 N–H and O–H groups in total. The number of nitrogens with one attached hydrogen (secondary N) is 1. The molecule has 2 fully saturated rings. The Hall–Kier alpha value is -3.16. The van der Waals surface area contributed by atoms with Gasteiger partial charge in [0.1, 0.15) is 17.2 Å².